The summed E-state index contributed by atoms with van der Waals surface area (Å²) in [6.07, 6.45) is 5.28. The number of hydrogen-bond acceptors (Lipinski definition) is 3. The number of para-hydroxylation sites is 2. The van der Waals surface area contributed by atoms with Gasteiger partial charge in [-0.2, -0.15) is 0 Å². The number of carbonyl (C=O) groups is 1. The summed E-state index contributed by atoms with van der Waals surface area (Å²) in [6.45, 7) is 0. The molecule has 0 bridgehead atoms. The Balaban J connectivity index is 1.82. The van der Waals surface area contributed by atoms with Gasteiger partial charge in [-0.3, -0.25) is 4.79 Å². The molecule has 0 saturated heterocycles. The summed E-state index contributed by atoms with van der Waals surface area (Å²) in [4.78, 5) is 12.5. The van der Waals surface area contributed by atoms with Gasteiger partial charge in [-0.25, -0.2) is 0 Å². The predicted molar refractivity (Wildman–Crippen MR) is 105 cm³/mol. The number of aliphatic carboxylic acids is 1. The monoisotopic (exact) mass is 370 g/mol. The second-order valence-electron chi connectivity index (χ2n) is 7.32. The van der Waals surface area contributed by atoms with Gasteiger partial charge in [0, 0.05) is 5.02 Å². The molecule has 0 spiro atoms. The van der Waals surface area contributed by atoms with Gasteiger partial charge >= 0.3 is 5.97 Å². The third-order valence-corrected chi connectivity index (χ3v) is 6.00. The molecule has 1 aliphatic carbocycles. The number of fused-ring (bicyclic) bond motifs is 1. The largest absolute Gasteiger partial charge is 0.481 e. The van der Waals surface area contributed by atoms with E-state index in [0.29, 0.717) is 5.02 Å². The molecule has 2 aromatic carbocycles. The summed E-state index contributed by atoms with van der Waals surface area (Å²) in [5.41, 5.74) is 1.90. The number of halogens is 1. The molecule has 1 unspecified atom stereocenters. The molecule has 2 aliphatic rings. The maximum Gasteiger partial charge on any atom is 0.311 e. The van der Waals surface area contributed by atoms with Crippen molar-refractivity contribution in [2.45, 2.75) is 37.8 Å². The molecular weight excluding hydrogens is 348 g/mol. The summed E-state index contributed by atoms with van der Waals surface area (Å²) in [6, 6.07) is 15.4. The third kappa shape index (κ3) is 2.92. The van der Waals surface area contributed by atoms with Crippen LogP contribution in [0.25, 0.3) is 0 Å². The van der Waals surface area contributed by atoms with E-state index >= 15 is 0 Å². The summed E-state index contributed by atoms with van der Waals surface area (Å²) < 4.78 is 0. The summed E-state index contributed by atoms with van der Waals surface area (Å²) in [5.74, 6) is -1.21. The van der Waals surface area contributed by atoms with Crippen molar-refractivity contribution >= 4 is 28.9 Å². The SMILES string of the molecule is O=C(O)C(C1CCCCC1)C1(c2ccc(Cl)cc2)Nc2ccccc2N1. The number of nitrogens with one attached hydrogen (secondary N) is 2. The molecule has 0 aromatic heterocycles. The first-order chi connectivity index (χ1) is 12.6. The van der Waals surface area contributed by atoms with Crippen LogP contribution in [0.3, 0.4) is 0 Å². The Morgan fingerprint density at radius 2 is 1.58 bits per heavy atom. The van der Waals surface area contributed by atoms with Gasteiger partial charge in [-0.05, 0) is 48.6 Å². The molecule has 0 amide bonds. The molecule has 1 aliphatic heterocycles. The quantitative estimate of drug-likeness (QED) is 0.682. The zero-order valence-electron chi connectivity index (χ0n) is 14.5. The molecular formula is C21H23ClN2O2. The van der Waals surface area contributed by atoms with Crippen molar-refractivity contribution in [1.29, 1.82) is 0 Å². The standard InChI is InChI=1S/C21H23ClN2O2/c22-16-12-10-15(11-13-16)21(23-17-8-4-5-9-18(17)24-21)19(20(25)26)14-6-2-1-3-7-14/h4-5,8-14,19,23-24H,1-3,6-7H2,(H,25,26). The molecule has 1 saturated carbocycles. The molecule has 1 atom stereocenters. The molecule has 3 N–H and O–H groups in total. The lowest BCUT2D eigenvalue weighted by atomic mass is 9.71. The van der Waals surface area contributed by atoms with Crippen molar-refractivity contribution in [3.63, 3.8) is 0 Å². The van der Waals surface area contributed by atoms with E-state index < -0.39 is 17.6 Å². The van der Waals surface area contributed by atoms with Gasteiger partial charge in [-0.15, -0.1) is 0 Å². The maximum atomic E-state index is 12.5. The number of rotatable bonds is 4. The molecule has 4 nitrogen and oxygen atoms in total. The van der Waals surface area contributed by atoms with Gasteiger partial charge in [0.15, 0.2) is 0 Å². The maximum absolute atomic E-state index is 12.5. The van der Waals surface area contributed by atoms with E-state index in [1.54, 1.807) is 0 Å². The molecule has 5 heteroatoms. The van der Waals surface area contributed by atoms with Crippen molar-refractivity contribution < 1.29 is 9.90 Å². The Morgan fingerprint density at radius 1 is 1.00 bits per heavy atom. The van der Waals surface area contributed by atoms with Crippen molar-refractivity contribution in [3.8, 4) is 0 Å². The number of anilines is 2. The highest BCUT2D eigenvalue weighted by atomic mass is 35.5. The molecule has 0 radical (unpaired) electrons. The number of carboxylic acids is 1. The second-order valence-corrected chi connectivity index (χ2v) is 7.76. The highest BCUT2D eigenvalue weighted by Gasteiger charge is 2.51. The van der Waals surface area contributed by atoms with E-state index in [1.807, 2.05) is 48.5 Å². The van der Waals surface area contributed by atoms with E-state index in [0.717, 1.165) is 42.6 Å². The number of benzene rings is 2. The molecule has 1 heterocycles. The molecule has 26 heavy (non-hydrogen) atoms. The lowest BCUT2D eigenvalue weighted by molar-refractivity contribution is -0.146. The molecule has 2 aromatic rings. The van der Waals surface area contributed by atoms with Crippen LogP contribution in [0, 0.1) is 11.8 Å². The molecule has 136 valence electrons. The summed E-state index contributed by atoms with van der Waals surface area (Å²) in [7, 11) is 0. The Hall–Kier alpha value is -2.20. The van der Waals surface area contributed by atoms with Crippen LogP contribution in [-0.4, -0.2) is 11.1 Å². The fourth-order valence-corrected chi connectivity index (χ4v) is 4.68. The first-order valence-corrected chi connectivity index (χ1v) is 9.62. The smallest absolute Gasteiger partial charge is 0.311 e. The van der Waals surface area contributed by atoms with Crippen LogP contribution >= 0.6 is 11.6 Å². The first-order valence-electron chi connectivity index (χ1n) is 9.24. The zero-order chi connectivity index (χ0) is 18.1. The van der Waals surface area contributed by atoms with Crippen LogP contribution in [0.2, 0.25) is 5.02 Å². The minimum Gasteiger partial charge on any atom is -0.481 e. The Kier molecular flexibility index (Phi) is 4.53. The van der Waals surface area contributed by atoms with Crippen LogP contribution < -0.4 is 10.6 Å². The average molecular weight is 371 g/mol. The zero-order valence-corrected chi connectivity index (χ0v) is 15.3. The normalized spacial score (nSPS) is 19.9. The van der Waals surface area contributed by atoms with Crippen molar-refractivity contribution in [1.82, 2.24) is 0 Å². The molecule has 1 fully saturated rings. The minimum absolute atomic E-state index is 0.131. The van der Waals surface area contributed by atoms with Crippen LogP contribution in [0.15, 0.2) is 48.5 Å². The van der Waals surface area contributed by atoms with Gasteiger partial charge in [0.05, 0.1) is 11.4 Å². The highest BCUT2D eigenvalue weighted by molar-refractivity contribution is 6.30. The second kappa shape index (κ2) is 6.84. The van der Waals surface area contributed by atoms with E-state index in [9.17, 15) is 9.90 Å². The predicted octanol–water partition coefficient (Wildman–Crippen LogP) is 5.31. The minimum atomic E-state index is -0.873. The topological polar surface area (TPSA) is 61.4 Å². The molecule has 4 rings (SSSR count). The highest BCUT2D eigenvalue weighted by Crippen LogP contribution is 2.48. The van der Waals surface area contributed by atoms with E-state index in [2.05, 4.69) is 10.6 Å². The fourth-order valence-electron chi connectivity index (χ4n) is 4.56. The lowest BCUT2D eigenvalue weighted by Gasteiger charge is -2.42. The van der Waals surface area contributed by atoms with Crippen LogP contribution in [-0.2, 0) is 10.5 Å². The van der Waals surface area contributed by atoms with Crippen LogP contribution in [0.1, 0.15) is 37.7 Å². The van der Waals surface area contributed by atoms with Gasteiger partial charge in [0.25, 0.3) is 0 Å². The van der Waals surface area contributed by atoms with Crippen LogP contribution in [0.5, 0.6) is 0 Å². The van der Waals surface area contributed by atoms with Gasteiger partial charge in [0.1, 0.15) is 11.6 Å². The van der Waals surface area contributed by atoms with Gasteiger partial charge < -0.3 is 15.7 Å². The number of hydrogen-bond donors (Lipinski definition) is 3. The van der Waals surface area contributed by atoms with E-state index in [4.69, 9.17) is 11.6 Å². The van der Waals surface area contributed by atoms with Crippen LogP contribution in [0.4, 0.5) is 11.4 Å². The number of carboxylic acid groups (broad SMARTS) is 1. The van der Waals surface area contributed by atoms with Crippen molar-refractivity contribution in [2.24, 2.45) is 11.8 Å². The van der Waals surface area contributed by atoms with Gasteiger partial charge in [-0.1, -0.05) is 55.1 Å². The summed E-state index contributed by atoms with van der Waals surface area (Å²) >= 11 is 6.09. The first kappa shape index (κ1) is 17.2. The van der Waals surface area contributed by atoms with E-state index in [1.165, 1.54) is 6.42 Å². The van der Waals surface area contributed by atoms with Crippen molar-refractivity contribution in [3.05, 3.63) is 59.1 Å². The fraction of sp³-hybridized carbons (Fsp3) is 0.381. The summed E-state index contributed by atoms with van der Waals surface area (Å²) in [5, 5.41) is 17.9. The van der Waals surface area contributed by atoms with Gasteiger partial charge in [0.2, 0.25) is 0 Å². The average Bonchev–Trinajstić information content (AvgIpc) is 3.03. The third-order valence-electron chi connectivity index (χ3n) is 5.74. The lowest BCUT2D eigenvalue weighted by Crippen LogP contribution is -2.52. The Labute approximate surface area is 158 Å². The Bertz CT molecular complexity index is 775. The van der Waals surface area contributed by atoms with Crippen molar-refractivity contribution in [2.75, 3.05) is 10.6 Å². The van der Waals surface area contributed by atoms with E-state index in [-0.39, 0.29) is 5.92 Å². The Morgan fingerprint density at radius 3 is 2.12 bits per heavy atom.